The van der Waals surface area contributed by atoms with Gasteiger partial charge < -0.3 is 5.32 Å². The molecule has 0 heterocycles. The van der Waals surface area contributed by atoms with Gasteiger partial charge in [-0.3, -0.25) is 4.21 Å². The van der Waals surface area contributed by atoms with Crippen LogP contribution in [0.4, 0.5) is 4.39 Å². The molecule has 0 spiro atoms. The molecule has 19 heavy (non-hydrogen) atoms. The van der Waals surface area contributed by atoms with Crippen molar-refractivity contribution in [2.24, 2.45) is 11.8 Å². The van der Waals surface area contributed by atoms with Gasteiger partial charge in [0.15, 0.2) is 0 Å². The van der Waals surface area contributed by atoms with Gasteiger partial charge in [-0.25, -0.2) is 4.39 Å². The minimum absolute atomic E-state index is 0.0156. The Labute approximate surface area is 117 Å². The molecular formula is C15H22FNOS. The standard InChI is InChI=1S/C15H22FNOS/c1-10-8-11(2)15(13(9-10)17-3)19(18)14-7-5-4-6-12(14)16/h4-7,10-11,13,15,17H,8-9H2,1-3H3. The first-order chi connectivity index (χ1) is 9.04. The molecule has 0 saturated heterocycles. The lowest BCUT2D eigenvalue weighted by Gasteiger charge is -2.38. The third-order valence-corrected chi connectivity index (χ3v) is 6.11. The van der Waals surface area contributed by atoms with E-state index in [1.54, 1.807) is 18.2 Å². The molecule has 1 fully saturated rings. The maximum absolute atomic E-state index is 13.8. The molecule has 106 valence electrons. The third kappa shape index (κ3) is 3.06. The summed E-state index contributed by atoms with van der Waals surface area (Å²) in [5, 5.41) is 3.25. The van der Waals surface area contributed by atoms with Crippen molar-refractivity contribution in [2.75, 3.05) is 7.05 Å². The van der Waals surface area contributed by atoms with E-state index in [9.17, 15) is 8.60 Å². The van der Waals surface area contributed by atoms with Crippen molar-refractivity contribution >= 4 is 10.8 Å². The van der Waals surface area contributed by atoms with E-state index in [0.29, 0.717) is 16.7 Å². The second-order valence-corrected chi connectivity index (χ2v) is 7.22. The summed E-state index contributed by atoms with van der Waals surface area (Å²) < 4.78 is 26.6. The van der Waals surface area contributed by atoms with Crippen LogP contribution in [0, 0.1) is 17.7 Å². The van der Waals surface area contributed by atoms with Crippen molar-refractivity contribution in [3.63, 3.8) is 0 Å². The third-order valence-electron chi connectivity index (χ3n) is 4.06. The van der Waals surface area contributed by atoms with E-state index in [1.807, 2.05) is 7.05 Å². The number of nitrogens with one attached hydrogen (secondary N) is 1. The van der Waals surface area contributed by atoms with Crippen LogP contribution in [-0.4, -0.2) is 22.5 Å². The van der Waals surface area contributed by atoms with Gasteiger partial charge in [-0.2, -0.15) is 0 Å². The maximum Gasteiger partial charge on any atom is 0.139 e. The van der Waals surface area contributed by atoms with Gasteiger partial charge in [-0.15, -0.1) is 0 Å². The molecular weight excluding hydrogens is 261 g/mol. The number of rotatable bonds is 3. The molecule has 0 radical (unpaired) electrons. The summed E-state index contributed by atoms with van der Waals surface area (Å²) in [5.41, 5.74) is 0. The van der Waals surface area contributed by atoms with Crippen molar-refractivity contribution < 1.29 is 8.60 Å². The summed E-state index contributed by atoms with van der Waals surface area (Å²) in [6, 6.07) is 6.61. The van der Waals surface area contributed by atoms with Crippen LogP contribution in [0.1, 0.15) is 26.7 Å². The Balaban J connectivity index is 2.28. The Morgan fingerprint density at radius 2 is 1.95 bits per heavy atom. The molecule has 0 aromatic heterocycles. The Morgan fingerprint density at radius 3 is 2.58 bits per heavy atom. The average molecular weight is 283 g/mol. The average Bonchev–Trinajstić information content (AvgIpc) is 2.37. The van der Waals surface area contributed by atoms with Crippen LogP contribution < -0.4 is 5.32 Å². The minimum Gasteiger partial charge on any atom is -0.316 e. The summed E-state index contributed by atoms with van der Waals surface area (Å²) in [6.07, 6.45) is 2.06. The molecule has 5 atom stereocenters. The summed E-state index contributed by atoms with van der Waals surface area (Å²) in [6.45, 7) is 4.35. The molecule has 2 rings (SSSR count). The monoisotopic (exact) mass is 283 g/mol. The number of hydrogen-bond acceptors (Lipinski definition) is 2. The molecule has 1 aromatic carbocycles. The van der Waals surface area contributed by atoms with Gasteiger partial charge in [0.2, 0.25) is 0 Å². The fourth-order valence-corrected chi connectivity index (χ4v) is 5.07. The van der Waals surface area contributed by atoms with Crippen LogP contribution in [0.3, 0.4) is 0 Å². The molecule has 1 saturated carbocycles. The van der Waals surface area contributed by atoms with Gasteiger partial charge in [0, 0.05) is 6.04 Å². The molecule has 4 heteroatoms. The van der Waals surface area contributed by atoms with Crippen LogP contribution in [0.5, 0.6) is 0 Å². The fraction of sp³-hybridized carbons (Fsp3) is 0.600. The van der Waals surface area contributed by atoms with E-state index >= 15 is 0 Å². The van der Waals surface area contributed by atoms with Crippen molar-refractivity contribution in [1.82, 2.24) is 5.32 Å². The van der Waals surface area contributed by atoms with Crippen molar-refractivity contribution in [3.05, 3.63) is 30.1 Å². The first kappa shape index (κ1) is 14.7. The Hall–Kier alpha value is -0.740. The topological polar surface area (TPSA) is 29.1 Å². The van der Waals surface area contributed by atoms with Crippen LogP contribution in [-0.2, 0) is 10.8 Å². The van der Waals surface area contributed by atoms with Gasteiger partial charge in [0.1, 0.15) is 5.82 Å². The zero-order valence-corrected chi connectivity index (χ0v) is 12.5. The molecule has 5 unspecified atom stereocenters. The summed E-state index contributed by atoms with van der Waals surface area (Å²) >= 11 is 0. The van der Waals surface area contributed by atoms with E-state index in [2.05, 4.69) is 19.2 Å². The zero-order valence-electron chi connectivity index (χ0n) is 11.7. The minimum atomic E-state index is -1.29. The highest BCUT2D eigenvalue weighted by Gasteiger charge is 2.38. The quantitative estimate of drug-likeness (QED) is 0.924. The number of halogens is 1. The van der Waals surface area contributed by atoms with Crippen molar-refractivity contribution in [1.29, 1.82) is 0 Å². The molecule has 1 aliphatic carbocycles. The predicted octanol–water partition coefficient (Wildman–Crippen LogP) is 2.96. The van der Waals surface area contributed by atoms with E-state index in [-0.39, 0.29) is 17.1 Å². The van der Waals surface area contributed by atoms with Gasteiger partial charge in [0.25, 0.3) is 0 Å². The molecule has 1 aromatic rings. The van der Waals surface area contributed by atoms with Gasteiger partial charge >= 0.3 is 0 Å². The number of hydrogen-bond donors (Lipinski definition) is 1. The highest BCUT2D eigenvalue weighted by Crippen LogP contribution is 2.34. The summed E-state index contributed by atoms with van der Waals surface area (Å²) in [5.74, 6) is 0.601. The second-order valence-electron chi connectivity index (χ2n) is 5.64. The van der Waals surface area contributed by atoms with Crippen LogP contribution in [0.15, 0.2) is 29.2 Å². The lowest BCUT2D eigenvalue weighted by Crippen LogP contribution is -2.48. The Kier molecular flexibility index (Phi) is 4.74. The number of benzene rings is 1. The first-order valence-corrected chi connectivity index (χ1v) is 8.08. The largest absolute Gasteiger partial charge is 0.316 e. The smallest absolute Gasteiger partial charge is 0.139 e. The van der Waals surface area contributed by atoms with Gasteiger partial charge in [0.05, 0.1) is 20.9 Å². The second kappa shape index (κ2) is 6.14. The van der Waals surface area contributed by atoms with E-state index in [0.717, 1.165) is 12.8 Å². The summed E-state index contributed by atoms with van der Waals surface area (Å²) in [4.78, 5) is 0.342. The van der Waals surface area contributed by atoms with Gasteiger partial charge in [-0.1, -0.05) is 26.0 Å². The van der Waals surface area contributed by atoms with Crippen LogP contribution in [0.2, 0.25) is 0 Å². The first-order valence-electron chi connectivity index (χ1n) is 6.87. The Bertz CT molecular complexity index is 465. The summed E-state index contributed by atoms with van der Waals surface area (Å²) in [7, 11) is 0.610. The van der Waals surface area contributed by atoms with Gasteiger partial charge in [-0.05, 0) is 43.9 Å². The van der Waals surface area contributed by atoms with Crippen molar-refractivity contribution in [3.8, 4) is 0 Å². The van der Waals surface area contributed by atoms with Crippen LogP contribution in [0.25, 0.3) is 0 Å². The predicted molar refractivity (Wildman–Crippen MR) is 77.0 cm³/mol. The fourth-order valence-electron chi connectivity index (χ4n) is 3.23. The van der Waals surface area contributed by atoms with E-state index < -0.39 is 10.8 Å². The maximum atomic E-state index is 13.8. The van der Waals surface area contributed by atoms with E-state index in [4.69, 9.17) is 0 Å². The molecule has 0 bridgehead atoms. The lowest BCUT2D eigenvalue weighted by atomic mass is 9.80. The highest BCUT2D eigenvalue weighted by molar-refractivity contribution is 7.85. The van der Waals surface area contributed by atoms with Crippen LogP contribution >= 0.6 is 0 Å². The normalized spacial score (nSPS) is 33.1. The highest BCUT2D eigenvalue weighted by atomic mass is 32.2. The molecule has 1 N–H and O–H groups in total. The zero-order chi connectivity index (χ0) is 14.0. The molecule has 2 nitrogen and oxygen atoms in total. The van der Waals surface area contributed by atoms with Crippen molar-refractivity contribution in [2.45, 2.75) is 42.9 Å². The molecule has 0 amide bonds. The van der Waals surface area contributed by atoms with E-state index in [1.165, 1.54) is 6.07 Å². The Morgan fingerprint density at radius 1 is 1.26 bits per heavy atom. The molecule has 1 aliphatic rings. The molecule has 0 aliphatic heterocycles. The lowest BCUT2D eigenvalue weighted by molar-refractivity contribution is 0.253. The SMILES string of the molecule is CNC1CC(C)CC(C)C1S(=O)c1ccccc1F.